The molecule has 1 aromatic carbocycles. The van der Waals surface area contributed by atoms with Crippen molar-refractivity contribution in [1.82, 2.24) is 5.43 Å². The van der Waals surface area contributed by atoms with E-state index in [0.29, 0.717) is 6.42 Å². The molecule has 0 atom stereocenters. The minimum atomic E-state index is -0.00481. The maximum Gasteiger partial charge on any atom is 0.240 e. The predicted octanol–water partition coefficient (Wildman–Crippen LogP) is 5.04. The van der Waals surface area contributed by atoms with Crippen LogP contribution in [0.25, 0.3) is 0 Å². The van der Waals surface area contributed by atoms with Crippen LogP contribution in [0.3, 0.4) is 0 Å². The minimum Gasteiger partial charge on any atom is -0.273 e. The molecular weight excluding hydrogens is 328 g/mol. The SMILES string of the molecule is CCCCCCCCCC(=O)N/N=C/c1cccc(Br)c1. The Morgan fingerprint density at radius 2 is 1.90 bits per heavy atom. The highest BCUT2D eigenvalue weighted by molar-refractivity contribution is 9.10. The Morgan fingerprint density at radius 1 is 1.19 bits per heavy atom. The van der Waals surface area contributed by atoms with Gasteiger partial charge in [-0.05, 0) is 24.1 Å². The molecule has 1 rings (SSSR count). The summed E-state index contributed by atoms with van der Waals surface area (Å²) in [6, 6.07) is 7.78. The predicted molar refractivity (Wildman–Crippen MR) is 92.5 cm³/mol. The van der Waals surface area contributed by atoms with Crippen LogP contribution in [0.2, 0.25) is 0 Å². The molecule has 3 nitrogen and oxygen atoms in total. The highest BCUT2D eigenvalue weighted by atomic mass is 79.9. The summed E-state index contributed by atoms with van der Waals surface area (Å²) in [5.41, 5.74) is 3.54. The average molecular weight is 353 g/mol. The smallest absolute Gasteiger partial charge is 0.240 e. The number of rotatable bonds is 10. The van der Waals surface area contributed by atoms with Crippen LogP contribution in [0, 0.1) is 0 Å². The van der Waals surface area contributed by atoms with Gasteiger partial charge in [0.15, 0.2) is 0 Å². The molecule has 0 saturated carbocycles. The van der Waals surface area contributed by atoms with Crippen molar-refractivity contribution in [3.63, 3.8) is 0 Å². The molecule has 4 heteroatoms. The Bertz CT molecular complexity index is 446. The monoisotopic (exact) mass is 352 g/mol. The van der Waals surface area contributed by atoms with Crippen LogP contribution in [0.15, 0.2) is 33.8 Å². The van der Waals surface area contributed by atoms with Crippen molar-refractivity contribution in [3.8, 4) is 0 Å². The summed E-state index contributed by atoms with van der Waals surface area (Å²) in [7, 11) is 0. The van der Waals surface area contributed by atoms with Crippen molar-refractivity contribution in [2.24, 2.45) is 5.10 Å². The van der Waals surface area contributed by atoms with E-state index in [1.165, 1.54) is 32.1 Å². The molecule has 0 aliphatic rings. The number of carbonyl (C=O) groups is 1. The lowest BCUT2D eigenvalue weighted by atomic mass is 10.1. The van der Waals surface area contributed by atoms with Gasteiger partial charge >= 0.3 is 0 Å². The Labute approximate surface area is 136 Å². The molecule has 1 N–H and O–H groups in total. The highest BCUT2D eigenvalue weighted by Crippen LogP contribution is 2.10. The van der Waals surface area contributed by atoms with Crippen LogP contribution in [-0.2, 0) is 4.79 Å². The van der Waals surface area contributed by atoms with E-state index in [0.717, 1.165) is 22.9 Å². The van der Waals surface area contributed by atoms with Crippen LogP contribution in [0.5, 0.6) is 0 Å². The Balaban J connectivity index is 2.08. The summed E-state index contributed by atoms with van der Waals surface area (Å²) in [6.07, 6.45) is 10.7. The fraction of sp³-hybridized carbons (Fsp3) is 0.529. The maximum atomic E-state index is 11.6. The molecule has 0 fully saturated rings. The van der Waals surface area contributed by atoms with Gasteiger partial charge in [-0.25, -0.2) is 5.43 Å². The summed E-state index contributed by atoms with van der Waals surface area (Å²) >= 11 is 3.40. The van der Waals surface area contributed by atoms with E-state index in [9.17, 15) is 4.79 Å². The molecule has 1 aromatic rings. The van der Waals surface area contributed by atoms with Crippen molar-refractivity contribution >= 4 is 28.1 Å². The molecule has 0 aliphatic heterocycles. The van der Waals surface area contributed by atoms with Gasteiger partial charge in [-0.1, -0.05) is 73.5 Å². The van der Waals surface area contributed by atoms with E-state index in [4.69, 9.17) is 0 Å². The second kappa shape index (κ2) is 11.5. The molecule has 0 heterocycles. The maximum absolute atomic E-state index is 11.6. The summed E-state index contributed by atoms with van der Waals surface area (Å²) < 4.78 is 1.00. The first-order valence-corrected chi connectivity index (χ1v) is 8.59. The lowest BCUT2D eigenvalue weighted by Gasteiger charge is -2.01. The standard InChI is InChI=1S/C17H25BrN2O/c1-2-3-4-5-6-7-8-12-17(21)20-19-14-15-10-9-11-16(18)13-15/h9-11,13-14H,2-8,12H2,1H3,(H,20,21)/b19-14+. The molecular formula is C17H25BrN2O. The zero-order chi connectivity index (χ0) is 15.3. The Hall–Kier alpha value is -1.16. The van der Waals surface area contributed by atoms with Gasteiger partial charge in [0.1, 0.15) is 0 Å². The van der Waals surface area contributed by atoms with E-state index in [2.05, 4.69) is 33.4 Å². The van der Waals surface area contributed by atoms with E-state index in [-0.39, 0.29) is 5.91 Å². The van der Waals surface area contributed by atoms with E-state index in [1.807, 2.05) is 24.3 Å². The lowest BCUT2D eigenvalue weighted by Crippen LogP contribution is -2.16. The number of hydrogen-bond acceptors (Lipinski definition) is 2. The van der Waals surface area contributed by atoms with E-state index < -0.39 is 0 Å². The molecule has 116 valence electrons. The van der Waals surface area contributed by atoms with E-state index in [1.54, 1.807) is 6.21 Å². The van der Waals surface area contributed by atoms with Crippen LogP contribution in [0.1, 0.15) is 63.9 Å². The van der Waals surface area contributed by atoms with Gasteiger partial charge in [0.25, 0.3) is 0 Å². The zero-order valence-corrected chi connectivity index (χ0v) is 14.4. The third kappa shape index (κ3) is 9.40. The van der Waals surface area contributed by atoms with Gasteiger partial charge in [-0.3, -0.25) is 4.79 Å². The number of amides is 1. The van der Waals surface area contributed by atoms with Gasteiger partial charge in [-0.15, -0.1) is 0 Å². The molecule has 0 aliphatic carbocycles. The van der Waals surface area contributed by atoms with Crippen LogP contribution in [0.4, 0.5) is 0 Å². The summed E-state index contributed by atoms with van der Waals surface area (Å²) in [5, 5.41) is 3.98. The van der Waals surface area contributed by atoms with Crippen LogP contribution < -0.4 is 5.43 Å². The Kier molecular flexibility index (Phi) is 9.79. The topological polar surface area (TPSA) is 41.5 Å². The van der Waals surface area contributed by atoms with E-state index >= 15 is 0 Å². The first kappa shape index (κ1) is 17.9. The number of nitrogens with one attached hydrogen (secondary N) is 1. The molecule has 1 amide bonds. The third-order valence-electron chi connectivity index (χ3n) is 3.26. The number of unbranched alkanes of at least 4 members (excludes halogenated alkanes) is 6. The van der Waals surface area contributed by atoms with Crippen LogP contribution in [-0.4, -0.2) is 12.1 Å². The van der Waals surface area contributed by atoms with Gasteiger partial charge in [0.2, 0.25) is 5.91 Å². The van der Waals surface area contributed by atoms with Gasteiger partial charge in [0.05, 0.1) is 6.21 Å². The van der Waals surface area contributed by atoms with Crippen molar-refractivity contribution < 1.29 is 4.79 Å². The molecule has 0 aromatic heterocycles. The van der Waals surface area contributed by atoms with Gasteiger partial charge < -0.3 is 0 Å². The molecule has 0 saturated heterocycles. The largest absolute Gasteiger partial charge is 0.273 e. The molecule has 0 spiro atoms. The number of nitrogens with zero attached hydrogens (tertiary/aromatic N) is 1. The Morgan fingerprint density at radius 3 is 2.62 bits per heavy atom. The number of halogens is 1. The number of hydrazone groups is 1. The van der Waals surface area contributed by atoms with Crippen molar-refractivity contribution in [2.45, 2.75) is 58.3 Å². The number of carbonyl (C=O) groups excluding carboxylic acids is 1. The molecule has 0 bridgehead atoms. The normalized spacial score (nSPS) is 11.0. The zero-order valence-electron chi connectivity index (χ0n) is 12.8. The minimum absolute atomic E-state index is 0.00481. The number of benzene rings is 1. The van der Waals surface area contributed by atoms with Gasteiger partial charge in [-0.2, -0.15) is 5.10 Å². The van der Waals surface area contributed by atoms with Crippen molar-refractivity contribution in [2.75, 3.05) is 0 Å². The quantitative estimate of drug-likeness (QED) is 0.357. The molecule has 0 radical (unpaired) electrons. The molecule has 0 unspecified atom stereocenters. The van der Waals surface area contributed by atoms with Crippen molar-refractivity contribution in [1.29, 1.82) is 0 Å². The first-order chi connectivity index (χ1) is 10.2. The van der Waals surface area contributed by atoms with Gasteiger partial charge in [0, 0.05) is 10.9 Å². The first-order valence-electron chi connectivity index (χ1n) is 7.80. The molecule has 21 heavy (non-hydrogen) atoms. The lowest BCUT2D eigenvalue weighted by molar-refractivity contribution is -0.121. The van der Waals surface area contributed by atoms with Crippen molar-refractivity contribution in [3.05, 3.63) is 34.3 Å². The summed E-state index contributed by atoms with van der Waals surface area (Å²) in [5.74, 6) is -0.00481. The van der Waals surface area contributed by atoms with Crippen LogP contribution >= 0.6 is 15.9 Å². The number of hydrogen-bond donors (Lipinski definition) is 1. The summed E-state index contributed by atoms with van der Waals surface area (Å²) in [6.45, 7) is 2.22. The summed E-state index contributed by atoms with van der Waals surface area (Å²) in [4.78, 5) is 11.6. The third-order valence-corrected chi connectivity index (χ3v) is 3.75. The fourth-order valence-electron chi connectivity index (χ4n) is 2.06. The highest BCUT2D eigenvalue weighted by Gasteiger charge is 1.99. The second-order valence-corrected chi connectivity index (χ2v) is 6.14. The fourth-order valence-corrected chi connectivity index (χ4v) is 2.48. The second-order valence-electron chi connectivity index (χ2n) is 5.22. The average Bonchev–Trinajstić information content (AvgIpc) is 2.46.